The average molecular weight is 190 g/mol. The molecule has 0 aliphatic rings. The van der Waals surface area contributed by atoms with E-state index in [1.165, 1.54) is 0 Å². The van der Waals surface area contributed by atoms with Crippen LogP contribution in [-0.2, 0) is 14.2 Å². The monoisotopic (exact) mass is 190 g/mol. The van der Waals surface area contributed by atoms with Crippen LogP contribution >= 0.6 is 0 Å². The van der Waals surface area contributed by atoms with Crippen molar-refractivity contribution in [2.75, 3.05) is 20.0 Å². The van der Waals surface area contributed by atoms with Crippen molar-refractivity contribution in [3.05, 3.63) is 0 Å². The van der Waals surface area contributed by atoms with Crippen molar-refractivity contribution in [3.8, 4) is 0 Å². The Morgan fingerprint density at radius 1 is 1.00 bits per heavy atom. The maximum atomic E-state index is 5.36. The second kappa shape index (κ2) is 9.96. The molecule has 0 aromatic carbocycles. The van der Waals surface area contributed by atoms with Crippen molar-refractivity contribution in [1.82, 2.24) is 0 Å². The molecule has 0 bridgehead atoms. The van der Waals surface area contributed by atoms with Crippen LogP contribution in [0.2, 0.25) is 0 Å². The molecule has 0 aromatic heterocycles. The quantitative estimate of drug-likeness (QED) is 0.413. The molecule has 1 atom stereocenters. The number of rotatable bonds is 9. The maximum Gasteiger partial charge on any atom is 0.157 e. The summed E-state index contributed by atoms with van der Waals surface area (Å²) in [7, 11) is 0. The normalized spacial score (nSPS) is 13.2. The molecule has 0 aliphatic carbocycles. The highest BCUT2D eigenvalue weighted by atomic mass is 16.7. The lowest BCUT2D eigenvalue weighted by Crippen LogP contribution is -2.16. The predicted molar refractivity (Wildman–Crippen MR) is 52.5 cm³/mol. The van der Waals surface area contributed by atoms with Gasteiger partial charge in [0.25, 0.3) is 0 Å². The topological polar surface area (TPSA) is 27.7 Å². The third kappa shape index (κ3) is 9.80. The lowest BCUT2D eigenvalue weighted by molar-refractivity contribution is -0.186. The number of hydrogen-bond donors (Lipinski definition) is 0. The van der Waals surface area contributed by atoms with Gasteiger partial charge in [-0.3, -0.25) is 0 Å². The van der Waals surface area contributed by atoms with Gasteiger partial charge in [-0.05, 0) is 19.8 Å². The highest BCUT2D eigenvalue weighted by Gasteiger charge is 2.00. The lowest BCUT2D eigenvalue weighted by atomic mass is 10.4. The summed E-state index contributed by atoms with van der Waals surface area (Å²) >= 11 is 0. The molecule has 0 spiro atoms. The van der Waals surface area contributed by atoms with Gasteiger partial charge in [-0.2, -0.15) is 0 Å². The molecule has 13 heavy (non-hydrogen) atoms. The first-order chi connectivity index (χ1) is 6.31. The maximum absolute atomic E-state index is 5.36. The van der Waals surface area contributed by atoms with Gasteiger partial charge in [0.15, 0.2) is 6.29 Å². The minimum atomic E-state index is -0.150. The van der Waals surface area contributed by atoms with E-state index in [0.717, 1.165) is 32.5 Å². The second-order valence-electron chi connectivity index (χ2n) is 2.98. The fourth-order valence-electron chi connectivity index (χ4n) is 0.789. The molecule has 0 saturated heterocycles. The first kappa shape index (κ1) is 12.9. The van der Waals surface area contributed by atoms with Crippen LogP contribution in [-0.4, -0.2) is 26.3 Å². The average Bonchev–Trinajstić information content (AvgIpc) is 2.13. The van der Waals surface area contributed by atoms with Crippen LogP contribution in [0.25, 0.3) is 0 Å². The van der Waals surface area contributed by atoms with Crippen molar-refractivity contribution >= 4 is 0 Å². The van der Waals surface area contributed by atoms with E-state index in [9.17, 15) is 0 Å². The Labute approximate surface area is 81.4 Å². The van der Waals surface area contributed by atoms with E-state index in [-0.39, 0.29) is 6.29 Å². The SMILES string of the molecule is CCCCOC(C)OCOCCC. The van der Waals surface area contributed by atoms with Crippen LogP contribution in [0.3, 0.4) is 0 Å². The molecular formula is C10H22O3. The third-order valence-corrected chi connectivity index (χ3v) is 1.58. The molecule has 0 rings (SSSR count). The van der Waals surface area contributed by atoms with Gasteiger partial charge >= 0.3 is 0 Å². The van der Waals surface area contributed by atoms with Crippen LogP contribution in [0.5, 0.6) is 0 Å². The second-order valence-corrected chi connectivity index (χ2v) is 2.98. The summed E-state index contributed by atoms with van der Waals surface area (Å²) in [5.41, 5.74) is 0. The fraction of sp³-hybridized carbons (Fsp3) is 1.00. The van der Waals surface area contributed by atoms with E-state index in [4.69, 9.17) is 14.2 Å². The summed E-state index contributed by atoms with van der Waals surface area (Å²) in [6.07, 6.45) is 3.11. The van der Waals surface area contributed by atoms with Crippen LogP contribution < -0.4 is 0 Å². The summed E-state index contributed by atoms with van der Waals surface area (Å²) in [5.74, 6) is 0. The minimum Gasteiger partial charge on any atom is -0.355 e. The molecule has 0 aliphatic heterocycles. The zero-order valence-electron chi connectivity index (χ0n) is 9.04. The van der Waals surface area contributed by atoms with E-state index in [1.807, 2.05) is 6.92 Å². The Kier molecular flexibility index (Phi) is 9.87. The van der Waals surface area contributed by atoms with Gasteiger partial charge in [0, 0.05) is 13.2 Å². The van der Waals surface area contributed by atoms with E-state index < -0.39 is 0 Å². The third-order valence-electron chi connectivity index (χ3n) is 1.58. The fourth-order valence-corrected chi connectivity index (χ4v) is 0.789. The van der Waals surface area contributed by atoms with Crippen molar-refractivity contribution < 1.29 is 14.2 Å². The van der Waals surface area contributed by atoms with Gasteiger partial charge in [0.1, 0.15) is 6.79 Å². The summed E-state index contributed by atoms with van der Waals surface area (Å²) in [6.45, 7) is 7.96. The Hall–Kier alpha value is -0.120. The molecular weight excluding hydrogens is 168 g/mol. The molecule has 0 fully saturated rings. The first-order valence-corrected chi connectivity index (χ1v) is 5.12. The standard InChI is InChI=1S/C10H22O3/c1-4-6-8-12-10(3)13-9-11-7-5-2/h10H,4-9H2,1-3H3. The largest absolute Gasteiger partial charge is 0.355 e. The predicted octanol–water partition coefficient (Wildman–Crippen LogP) is 2.55. The molecule has 0 saturated carbocycles. The van der Waals surface area contributed by atoms with E-state index in [0.29, 0.717) is 6.79 Å². The first-order valence-electron chi connectivity index (χ1n) is 5.12. The smallest absolute Gasteiger partial charge is 0.157 e. The molecule has 0 N–H and O–H groups in total. The van der Waals surface area contributed by atoms with E-state index in [2.05, 4.69) is 13.8 Å². The zero-order chi connectivity index (χ0) is 9.94. The molecule has 1 unspecified atom stereocenters. The zero-order valence-corrected chi connectivity index (χ0v) is 9.04. The van der Waals surface area contributed by atoms with E-state index >= 15 is 0 Å². The van der Waals surface area contributed by atoms with Crippen molar-refractivity contribution in [1.29, 1.82) is 0 Å². The highest BCUT2D eigenvalue weighted by Crippen LogP contribution is 1.97. The molecule has 0 amide bonds. The van der Waals surface area contributed by atoms with Gasteiger partial charge in [-0.15, -0.1) is 0 Å². The number of ether oxygens (including phenoxy) is 3. The van der Waals surface area contributed by atoms with Crippen molar-refractivity contribution in [2.24, 2.45) is 0 Å². The molecule has 3 heteroatoms. The van der Waals surface area contributed by atoms with Gasteiger partial charge in [0.2, 0.25) is 0 Å². The minimum absolute atomic E-state index is 0.150. The molecule has 0 aromatic rings. The summed E-state index contributed by atoms with van der Waals surface area (Å²) in [5, 5.41) is 0. The van der Waals surface area contributed by atoms with Gasteiger partial charge in [0.05, 0.1) is 0 Å². The summed E-state index contributed by atoms with van der Waals surface area (Å²) < 4.78 is 15.8. The van der Waals surface area contributed by atoms with Gasteiger partial charge in [-0.25, -0.2) is 0 Å². The van der Waals surface area contributed by atoms with Crippen molar-refractivity contribution in [3.63, 3.8) is 0 Å². The Morgan fingerprint density at radius 3 is 2.38 bits per heavy atom. The van der Waals surface area contributed by atoms with Crippen molar-refractivity contribution in [2.45, 2.75) is 46.3 Å². The Morgan fingerprint density at radius 2 is 1.77 bits per heavy atom. The van der Waals surface area contributed by atoms with Crippen LogP contribution in [0.1, 0.15) is 40.0 Å². The number of unbranched alkanes of at least 4 members (excludes halogenated alkanes) is 1. The summed E-state index contributed by atoms with van der Waals surface area (Å²) in [6, 6.07) is 0. The van der Waals surface area contributed by atoms with E-state index in [1.54, 1.807) is 0 Å². The van der Waals surface area contributed by atoms with Gasteiger partial charge in [-0.1, -0.05) is 20.3 Å². The Bertz CT molecular complexity index is 96.2. The van der Waals surface area contributed by atoms with Crippen LogP contribution in [0, 0.1) is 0 Å². The Balaban J connectivity index is 3.05. The highest BCUT2D eigenvalue weighted by molar-refractivity contribution is 4.34. The van der Waals surface area contributed by atoms with Gasteiger partial charge < -0.3 is 14.2 Å². The molecule has 80 valence electrons. The van der Waals surface area contributed by atoms with Crippen LogP contribution in [0.4, 0.5) is 0 Å². The van der Waals surface area contributed by atoms with Crippen LogP contribution in [0.15, 0.2) is 0 Å². The molecule has 0 radical (unpaired) electrons. The number of hydrogen-bond acceptors (Lipinski definition) is 3. The summed E-state index contributed by atoms with van der Waals surface area (Å²) in [4.78, 5) is 0. The lowest BCUT2D eigenvalue weighted by Gasteiger charge is -2.13. The molecule has 0 heterocycles. The molecule has 3 nitrogen and oxygen atoms in total.